The Morgan fingerprint density at radius 3 is 2.11 bits per heavy atom. The summed E-state index contributed by atoms with van der Waals surface area (Å²) in [5, 5.41) is 27.7. The molecule has 4 atom stereocenters. The van der Waals surface area contributed by atoms with Gasteiger partial charge < -0.3 is 54.1 Å². The number of para-hydroxylation sites is 1. The molecule has 0 aliphatic carbocycles. The molecule has 4 amide bonds. The molecule has 3 rings (SSSR count). The van der Waals surface area contributed by atoms with E-state index in [1.165, 1.54) is 12.1 Å². The van der Waals surface area contributed by atoms with Crippen LogP contribution in [0.1, 0.15) is 36.8 Å². The molecular weight excluding hydrogens is 610 g/mol. The number of aromatic amines is 1. The Balaban J connectivity index is 1.82. The van der Waals surface area contributed by atoms with Crippen molar-refractivity contribution in [2.24, 2.45) is 27.9 Å². The summed E-state index contributed by atoms with van der Waals surface area (Å²) in [5.41, 5.74) is 24.1. The van der Waals surface area contributed by atoms with Crippen LogP contribution in [0.25, 0.3) is 10.9 Å². The maximum absolute atomic E-state index is 13.6. The number of fused-ring (bicyclic) bond motifs is 1. The van der Waals surface area contributed by atoms with Gasteiger partial charge in [-0.1, -0.05) is 30.3 Å². The number of rotatable bonds is 18. The minimum absolute atomic E-state index is 0.00180. The highest BCUT2D eigenvalue weighted by molar-refractivity contribution is 5.95. The van der Waals surface area contributed by atoms with Gasteiger partial charge in [-0.15, -0.1) is 0 Å². The highest BCUT2D eigenvalue weighted by Crippen LogP contribution is 2.20. The molecule has 0 radical (unpaired) electrons. The third kappa shape index (κ3) is 11.3. The summed E-state index contributed by atoms with van der Waals surface area (Å²) in [7, 11) is 0. The Kier molecular flexibility index (Phi) is 13.1. The van der Waals surface area contributed by atoms with E-state index in [9.17, 15) is 34.2 Å². The van der Waals surface area contributed by atoms with Gasteiger partial charge in [0.25, 0.3) is 0 Å². The van der Waals surface area contributed by atoms with E-state index in [2.05, 4.69) is 25.9 Å². The minimum Gasteiger partial charge on any atom is -0.508 e. The number of amides is 4. The standard InChI is InChI=1S/C31H41N9O7/c32-21(14-17-7-9-19(41)10-8-17)27(43)38-23(11-12-26(33)42)28(44)40-25(15-18-16-37-22-5-2-1-4-20(18)22)29(45)39-24(30(46)47)6-3-13-36-31(34)35/h1-2,4-5,7-10,16,21,23-25,37,41H,3,6,11-15,32H2,(H2,33,42)(H,38,43)(H,39,45)(H,40,44)(H,46,47)(H4,34,35,36). The number of phenols is 1. The number of aliphatic carboxylic acids is 1. The zero-order valence-corrected chi connectivity index (χ0v) is 25.6. The molecule has 0 aliphatic heterocycles. The van der Waals surface area contributed by atoms with Gasteiger partial charge in [0.15, 0.2) is 5.96 Å². The first-order valence-corrected chi connectivity index (χ1v) is 14.9. The predicted octanol–water partition coefficient (Wildman–Crippen LogP) is -1.16. The van der Waals surface area contributed by atoms with Gasteiger partial charge in [0.2, 0.25) is 23.6 Å². The van der Waals surface area contributed by atoms with Crippen molar-refractivity contribution in [2.45, 2.75) is 62.7 Å². The largest absolute Gasteiger partial charge is 0.508 e. The van der Waals surface area contributed by atoms with Crippen LogP contribution >= 0.6 is 0 Å². The number of nitrogens with two attached hydrogens (primary N) is 4. The highest BCUT2D eigenvalue weighted by atomic mass is 16.4. The van der Waals surface area contributed by atoms with Gasteiger partial charge in [-0.05, 0) is 55.0 Å². The van der Waals surface area contributed by atoms with Crippen LogP contribution in [-0.4, -0.2) is 81.5 Å². The molecule has 16 heteroatoms. The zero-order valence-electron chi connectivity index (χ0n) is 25.6. The average Bonchev–Trinajstić information content (AvgIpc) is 3.43. The number of nitrogens with zero attached hydrogens (tertiary/aromatic N) is 1. The number of carboxylic acids is 1. The molecule has 4 unspecified atom stereocenters. The van der Waals surface area contributed by atoms with E-state index in [0.29, 0.717) is 11.1 Å². The number of hydrogen-bond acceptors (Lipinski definition) is 8. The summed E-state index contributed by atoms with van der Waals surface area (Å²) in [5.74, 6) is -4.42. The van der Waals surface area contributed by atoms with Crippen molar-refractivity contribution >= 4 is 46.5 Å². The molecular formula is C31H41N9O7. The van der Waals surface area contributed by atoms with E-state index in [1.54, 1.807) is 24.4 Å². The van der Waals surface area contributed by atoms with Gasteiger partial charge in [0.05, 0.1) is 6.04 Å². The molecule has 1 heterocycles. The number of phenolic OH excluding ortho intramolecular Hbond substituents is 1. The second-order valence-electron chi connectivity index (χ2n) is 11.0. The Morgan fingerprint density at radius 2 is 1.45 bits per heavy atom. The smallest absolute Gasteiger partial charge is 0.326 e. The van der Waals surface area contributed by atoms with Crippen molar-refractivity contribution in [3.8, 4) is 5.75 Å². The van der Waals surface area contributed by atoms with Gasteiger partial charge in [0, 0.05) is 36.5 Å². The normalized spacial score (nSPS) is 13.5. The van der Waals surface area contributed by atoms with Gasteiger partial charge in [-0.3, -0.25) is 24.2 Å². The molecule has 0 fully saturated rings. The Labute approximate surface area is 270 Å². The number of H-pyrrole nitrogens is 1. The molecule has 0 saturated carbocycles. The highest BCUT2D eigenvalue weighted by Gasteiger charge is 2.31. The van der Waals surface area contributed by atoms with Crippen molar-refractivity contribution in [1.82, 2.24) is 20.9 Å². The molecule has 0 saturated heterocycles. The molecule has 16 nitrogen and oxygen atoms in total. The number of guanidine groups is 1. The van der Waals surface area contributed by atoms with Crippen LogP contribution in [0.2, 0.25) is 0 Å². The second-order valence-corrected chi connectivity index (χ2v) is 11.0. The van der Waals surface area contributed by atoms with Crippen molar-refractivity contribution in [3.05, 3.63) is 65.9 Å². The summed E-state index contributed by atoms with van der Waals surface area (Å²) in [4.78, 5) is 70.7. The summed E-state index contributed by atoms with van der Waals surface area (Å²) in [6.07, 6.45) is 1.52. The molecule has 1 aromatic heterocycles. The number of primary amides is 1. The summed E-state index contributed by atoms with van der Waals surface area (Å²) >= 11 is 0. The lowest BCUT2D eigenvalue weighted by Crippen LogP contribution is -2.57. The Morgan fingerprint density at radius 1 is 0.809 bits per heavy atom. The lowest BCUT2D eigenvalue weighted by atomic mass is 10.0. The fraction of sp³-hybridized carbons (Fsp3) is 0.355. The topological polar surface area (TPSA) is 294 Å². The SMILES string of the molecule is NC(=O)CCC(NC(=O)C(N)Cc1ccc(O)cc1)C(=O)NC(Cc1c[nH]c2ccccc12)C(=O)NC(CCCN=C(N)N)C(=O)O. The summed E-state index contributed by atoms with van der Waals surface area (Å²) < 4.78 is 0. The maximum atomic E-state index is 13.6. The lowest BCUT2D eigenvalue weighted by molar-refractivity contribution is -0.142. The number of aromatic nitrogens is 1. The van der Waals surface area contributed by atoms with Crippen molar-refractivity contribution in [1.29, 1.82) is 0 Å². The Hall–Kier alpha value is -5.64. The van der Waals surface area contributed by atoms with Gasteiger partial charge in [-0.25, -0.2) is 4.79 Å². The molecule has 47 heavy (non-hydrogen) atoms. The second kappa shape index (κ2) is 17.2. The van der Waals surface area contributed by atoms with Crippen LogP contribution in [0.4, 0.5) is 0 Å². The van der Waals surface area contributed by atoms with Crippen LogP contribution in [-0.2, 0) is 36.8 Å². The predicted molar refractivity (Wildman–Crippen MR) is 174 cm³/mol. The van der Waals surface area contributed by atoms with Crippen LogP contribution in [0.15, 0.2) is 59.7 Å². The molecule has 2 aromatic carbocycles. The third-order valence-electron chi connectivity index (χ3n) is 7.33. The molecule has 0 aliphatic rings. The zero-order chi connectivity index (χ0) is 34.5. The number of aromatic hydroxyl groups is 1. The number of hydrogen-bond donors (Lipinski definition) is 10. The van der Waals surface area contributed by atoms with E-state index in [-0.39, 0.29) is 56.8 Å². The summed E-state index contributed by atoms with van der Waals surface area (Å²) in [6.45, 7) is 0.146. The van der Waals surface area contributed by atoms with E-state index in [4.69, 9.17) is 22.9 Å². The van der Waals surface area contributed by atoms with Crippen molar-refractivity contribution < 1.29 is 34.2 Å². The fourth-order valence-electron chi connectivity index (χ4n) is 4.85. The number of carboxylic acid groups (broad SMARTS) is 1. The van der Waals surface area contributed by atoms with Gasteiger partial charge >= 0.3 is 5.97 Å². The fourth-order valence-corrected chi connectivity index (χ4v) is 4.85. The number of aliphatic imine (C=N–C) groups is 1. The molecule has 0 spiro atoms. The monoisotopic (exact) mass is 651 g/mol. The van der Waals surface area contributed by atoms with Gasteiger partial charge in [-0.2, -0.15) is 0 Å². The van der Waals surface area contributed by atoms with E-state index < -0.39 is 53.8 Å². The van der Waals surface area contributed by atoms with Crippen molar-refractivity contribution in [3.63, 3.8) is 0 Å². The first kappa shape index (κ1) is 35.8. The maximum Gasteiger partial charge on any atom is 0.326 e. The van der Waals surface area contributed by atoms with Crippen molar-refractivity contribution in [2.75, 3.05) is 6.54 Å². The Bertz CT molecular complexity index is 1590. The van der Waals surface area contributed by atoms with Crippen LogP contribution in [0.5, 0.6) is 5.75 Å². The van der Waals surface area contributed by atoms with Crippen LogP contribution < -0.4 is 38.9 Å². The first-order valence-electron chi connectivity index (χ1n) is 14.9. The minimum atomic E-state index is -1.32. The van der Waals surface area contributed by atoms with E-state index in [1.807, 2.05) is 18.2 Å². The first-order chi connectivity index (χ1) is 22.3. The number of benzene rings is 2. The molecule has 14 N–H and O–H groups in total. The van der Waals surface area contributed by atoms with E-state index in [0.717, 1.165) is 10.9 Å². The number of nitrogens with one attached hydrogen (secondary N) is 4. The lowest BCUT2D eigenvalue weighted by Gasteiger charge is -2.25. The molecule has 3 aromatic rings. The van der Waals surface area contributed by atoms with Gasteiger partial charge in [0.1, 0.15) is 23.9 Å². The van der Waals surface area contributed by atoms with Crippen LogP contribution in [0, 0.1) is 0 Å². The van der Waals surface area contributed by atoms with E-state index >= 15 is 0 Å². The average molecular weight is 652 g/mol. The number of carbonyl (C=O) groups excluding carboxylic acids is 4. The third-order valence-corrected chi connectivity index (χ3v) is 7.33. The quantitative estimate of drug-likeness (QED) is 0.0447. The molecule has 0 bridgehead atoms. The number of carbonyl (C=O) groups is 5. The van der Waals surface area contributed by atoms with Crippen LogP contribution in [0.3, 0.4) is 0 Å². The molecule has 252 valence electrons. The summed E-state index contributed by atoms with van der Waals surface area (Å²) in [6, 6.07) is 8.36.